The van der Waals surface area contributed by atoms with E-state index in [0.717, 1.165) is 0 Å². The molecule has 11 heteroatoms. The van der Waals surface area contributed by atoms with E-state index in [1.165, 1.54) is 30.0 Å². The second-order valence-electron chi connectivity index (χ2n) is 5.49. The van der Waals surface area contributed by atoms with Gasteiger partial charge in [-0.25, -0.2) is 0 Å². The summed E-state index contributed by atoms with van der Waals surface area (Å²) in [6.07, 6.45) is 0. The SMILES string of the molecule is O=[N+]([O-])c1cccc(-c2nnc(CSc3nnc(-c4ccccc4O)o3)o2)c1. The van der Waals surface area contributed by atoms with Crippen molar-refractivity contribution in [1.82, 2.24) is 20.4 Å². The van der Waals surface area contributed by atoms with Gasteiger partial charge in [-0.2, -0.15) is 0 Å². The largest absolute Gasteiger partial charge is 0.507 e. The van der Waals surface area contributed by atoms with Crippen molar-refractivity contribution in [3.05, 3.63) is 64.5 Å². The fraction of sp³-hybridized carbons (Fsp3) is 0.0588. The summed E-state index contributed by atoms with van der Waals surface area (Å²) in [5, 5.41) is 36.6. The standard InChI is InChI=1S/C17H11N5O5S/c23-13-7-2-1-6-12(13)16-20-21-17(27-16)28-9-14-18-19-15(26-14)10-4-3-5-11(8-10)22(24)25/h1-8,23H,9H2. The van der Waals surface area contributed by atoms with Crippen LogP contribution in [0.2, 0.25) is 0 Å². The molecule has 4 rings (SSSR count). The van der Waals surface area contributed by atoms with E-state index in [0.29, 0.717) is 17.0 Å². The van der Waals surface area contributed by atoms with Crippen molar-refractivity contribution in [1.29, 1.82) is 0 Å². The number of nitro benzene ring substituents is 1. The summed E-state index contributed by atoms with van der Waals surface area (Å²) >= 11 is 1.19. The molecule has 0 atom stereocenters. The van der Waals surface area contributed by atoms with Crippen LogP contribution >= 0.6 is 11.8 Å². The lowest BCUT2D eigenvalue weighted by Gasteiger charge is -1.97. The van der Waals surface area contributed by atoms with Crippen molar-refractivity contribution in [2.24, 2.45) is 0 Å². The van der Waals surface area contributed by atoms with Gasteiger partial charge in [0.05, 0.1) is 16.2 Å². The summed E-state index contributed by atoms with van der Waals surface area (Å²) in [7, 11) is 0. The van der Waals surface area contributed by atoms with Gasteiger partial charge in [0, 0.05) is 17.7 Å². The zero-order chi connectivity index (χ0) is 19.5. The number of thioether (sulfide) groups is 1. The van der Waals surface area contributed by atoms with E-state index in [1.807, 2.05) is 0 Å². The maximum Gasteiger partial charge on any atom is 0.277 e. The lowest BCUT2D eigenvalue weighted by Crippen LogP contribution is -1.88. The summed E-state index contributed by atoms with van der Waals surface area (Å²) < 4.78 is 11.1. The zero-order valence-electron chi connectivity index (χ0n) is 14.1. The first kappa shape index (κ1) is 17.7. The van der Waals surface area contributed by atoms with Gasteiger partial charge in [-0.1, -0.05) is 30.0 Å². The molecule has 0 radical (unpaired) electrons. The van der Waals surface area contributed by atoms with Gasteiger partial charge >= 0.3 is 0 Å². The monoisotopic (exact) mass is 397 g/mol. The molecule has 0 fully saturated rings. The molecule has 0 aliphatic carbocycles. The Hall–Kier alpha value is -3.73. The molecule has 10 nitrogen and oxygen atoms in total. The zero-order valence-corrected chi connectivity index (χ0v) is 14.9. The quantitative estimate of drug-likeness (QED) is 0.291. The molecule has 0 spiro atoms. The Morgan fingerprint density at radius 1 is 1.00 bits per heavy atom. The van der Waals surface area contributed by atoms with Crippen LogP contribution in [0.5, 0.6) is 5.75 Å². The molecule has 4 aromatic rings. The van der Waals surface area contributed by atoms with Crippen LogP contribution in [0.3, 0.4) is 0 Å². The molecule has 1 N–H and O–H groups in total. The Kier molecular flexibility index (Phi) is 4.72. The molecule has 0 unspecified atom stereocenters. The predicted molar refractivity (Wildman–Crippen MR) is 97.3 cm³/mol. The maximum absolute atomic E-state index is 10.9. The minimum Gasteiger partial charge on any atom is -0.507 e. The number of hydrogen-bond donors (Lipinski definition) is 1. The summed E-state index contributed by atoms with van der Waals surface area (Å²) in [5.41, 5.74) is 0.833. The third kappa shape index (κ3) is 3.69. The van der Waals surface area contributed by atoms with Gasteiger partial charge in [-0.3, -0.25) is 10.1 Å². The molecule has 140 valence electrons. The minimum absolute atomic E-state index is 0.0428. The molecule has 0 saturated heterocycles. The molecule has 0 aliphatic rings. The van der Waals surface area contributed by atoms with E-state index in [9.17, 15) is 15.2 Å². The fourth-order valence-corrected chi connectivity index (χ4v) is 2.94. The first-order valence-corrected chi connectivity index (χ1v) is 8.90. The van der Waals surface area contributed by atoms with Gasteiger partial charge in [0.25, 0.3) is 16.8 Å². The Labute approximate surface area is 161 Å². The molecule has 2 aromatic heterocycles. The van der Waals surface area contributed by atoms with Crippen LogP contribution in [0.1, 0.15) is 5.89 Å². The van der Waals surface area contributed by atoms with Crippen LogP contribution in [0.25, 0.3) is 22.9 Å². The lowest BCUT2D eigenvalue weighted by molar-refractivity contribution is -0.384. The predicted octanol–water partition coefficient (Wildman–Crippen LogP) is 3.69. The number of aromatic hydroxyl groups is 1. The lowest BCUT2D eigenvalue weighted by atomic mass is 10.2. The number of nitro groups is 1. The molecule has 2 heterocycles. The molecule has 0 bridgehead atoms. The molecule has 0 aliphatic heterocycles. The van der Waals surface area contributed by atoms with Gasteiger partial charge in [-0.15, -0.1) is 20.4 Å². The Morgan fingerprint density at radius 2 is 1.82 bits per heavy atom. The van der Waals surface area contributed by atoms with Crippen molar-refractivity contribution in [3.8, 4) is 28.7 Å². The van der Waals surface area contributed by atoms with E-state index in [-0.39, 0.29) is 34.2 Å². The second-order valence-corrected chi connectivity index (χ2v) is 6.41. The first-order valence-electron chi connectivity index (χ1n) is 7.92. The highest BCUT2D eigenvalue weighted by Gasteiger charge is 2.16. The third-order valence-electron chi connectivity index (χ3n) is 3.63. The Bertz CT molecular complexity index is 1140. The van der Waals surface area contributed by atoms with E-state index in [2.05, 4.69) is 20.4 Å². The normalized spacial score (nSPS) is 10.9. The number of hydrogen-bond acceptors (Lipinski definition) is 10. The summed E-state index contributed by atoms with van der Waals surface area (Å²) in [5.74, 6) is 0.989. The molecule has 0 amide bonds. The average molecular weight is 397 g/mol. The number of non-ortho nitro benzene ring substituents is 1. The summed E-state index contributed by atoms with van der Waals surface area (Å²) in [4.78, 5) is 10.4. The molecule has 28 heavy (non-hydrogen) atoms. The average Bonchev–Trinajstić information content (AvgIpc) is 3.36. The highest BCUT2D eigenvalue weighted by molar-refractivity contribution is 7.98. The van der Waals surface area contributed by atoms with Crippen LogP contribution in [0.15, 0.2) is 62.6 Å². The number of phenols is 1. The number of rotatable bonds is 6. The van der Waals surface area contributed by atoms with Crippen molar-refractivity contribution < 1.29 is 18.9 Å². The van der Waals surface area contributed by atoms with Gasteiger partial charge in [0.1, 0.15) is 5.75 Å². The van der Waals surface area contributed by atoms with Crippen molar-refractivity contribution in [2.75, 3.05) is 0 Å². The smallest absolute Gasteiger partial charge is 0.277 e. The van der Waals surface area contributed by atoms with Crippen molar-refractivity contribution in [2.45, 2.75) is 11.0 Å². The topological polar surface area (TPSA) is 141 Å². The summed E-state index contributed by atoms with van der Waals surface area (Å²) in [6, 6.07) is 12.6. The van der Waals surface area contributed by atoms with E-state index < -0.39 is 4.92 Å². The van der Waals surface area contributed by atoms with E-state index in [1.54, 1.807) is 30.3 Å². The van der Waals surface area contributed by atoms with E-state index >= 15 is 0 Å². The van der Waals surface area contributed by atoms with Crippen LogP contribution in [-0.4, -0.2) is 30.4 Å². The van der Waals surface area contributed by atoms with Gasteiger partial charge in [-0.05, 0) is 18.2 Å². The Balaban J connectivity index is 1.45. The highest BCUT2D eigenvalue weighted by Crippen LogP contribution is 2.31. The molecule has 2 aromatic carbocycles. The molecular weight excluding hydrogens is 386 g/mol. The minimum atomic E-state index is -0.492. The number of phenolic OH excluding ortho intramolecular Hbond substituents is 1. The number of aromatic nitrogens is 4. The van der Waals surface area contributed by atoms with Crippen LogP contribution < -0.4 is 0 Å². The van der Waals surface area contributed by atoms with Gasteiger partial charge in [0.2, 0.25) is 11.8 Å². The number of nitrogens with zero attached hydrogens (tertiary/aromatic N) is 5. The highest BCUT2D eigenvalue weighted by atomic mass is 32.2. The molecular formula is C17H11N5O5S. The number of para-hydroxylation sites is 1. The van der Waals surface area contributed by atoms with Crippen LogP contribution in [-0.2, 0) is 5.75 Å². The second kappa shape index (κ2) is 7.48. The molecule has 0 saturated carbocycles. The summed E-state index contributed by atoms with van der Waals surface area (Å²) in [6.45, 7) is 0. The van der Waals surface area contributed by atoms with Gasteiger partial charge in [0.15, 0.2) is 0 Å². The third-order valence-corrected chi connectivity index (χ3v) is 4.43. The van der Waals surface area contributed by atoms with E-state index in [4.69, 9.17) is 8.83 Å². The number of benzene rings is 2. The van der Waals surface area contributed by atoms with Crippen LogP contribution in [0, 0.1) is 10.1 Å². The first-order chi connectivity index (χ1) is 13.6. The fourth-order valence-electron chi connectivity index (χ4n) is 2.34. The van der Waals surface area contributed by atoms with Crippen molar-refractivity contribution >= 4 is 17.4 Å². The Morgan fingerprint density at radius 3 is 2.64 bits per heavy atom. The van der Waals surface area contributed by atoms with Crippen molar-refractivity contribution in [3.63, 3.8) is 0 Å². The van der Waals surface area contributed by atoms with Gasteiger partial charge < -0.3 is 13.9 Å². The maximum atomic E-state index is 10.9. The van der Waals surface area contributed by atoms with Crippen LogP contribution in [0.4, 0.5) is 5.69 Å².